The van der Waals surface area contributed by atoms with Crippen molar-refractivity contribution in [2.24, 2.45) is 0 Å². The monoisotopic (exact) mass is 342 g/mol. The van der Waals surface area contributed by atoms with E-state index in [9.17, 15) is 0 Å². The van der Waals surface area contributed by atoms with Gasteiger partial charge in [0.05, 0.1) is 28.4 Å². The van der Waals surface area contributed by atoms with Crippen LogP contribution in [0.25, 0.3) is 16.7 Å². The number of benzene rings is 2. The first-order valence-electron chi connectivity index (χ1n) is 6.16. The summed E-state index contributed by atoms with van der Waals surface area (Å²) in [6.45, 7) is 0. The topological polar surface area (TPSA) is 76.9 Å². The Morgan fingerprint density at radius 1 is 1.33 bits per heavy atom. The van der Waals surface area contributed by atoms with Gasteiger partial charge in [0.1, 0.15) is 17.3 Å². The van der Waals surface area contributed by atoms with E-state index in [0.717, 1.165) is 15.7 Å². The van der Waals surface area contributed by atoms with Crippen molar-refractivity contribution in [2.75, 3.05) is 12.8 Å². The number of anilines is 1. The van der Waals surface area contributed by atoms with Crippen LogP contribution in [-0.2, 0) is 0 Å². The van der Waals surface area contributed by atoms with Gasteiger partial charge < -0.3 is 10.5 Å². The highest BCUT2D eigenvalue weighted by molar-refractivity contribution is 9.10. The molecule has 1 aromatic heterocycles. The number of hydrogen-bond acceptors (Lipinski definition) is 4. The fourth-order valence-corrected chi connectivity index (χ4v) is 2.67. The Balaban J connectivity index is 2.31. The number of fused-ring (bicyclic) bond motifs is 1. The second kappa shape index (κ2) is 5.11. The van der Waals surface area contributed by atoms with E-state index in [-0.39, 0.29) is 0 Å². The van der Waals surface area contributed by atoms with Crippen LogP contribution >= 0.6 is 15.9 Å². The molecular weight excluding hydrogens is 332 g/mol. The Labute approximate surface area is 129 Å². The summed E-state index contributed by atoms with van der Waals surface area (Å²) in [6.07, 6.45) is 0. The van der Waals surface area contributed by atoms with Crippen molar-refractivity contribution in [1.82, 2.24) is 9.55 Å². The van der Waals surface area contributed by atoms with Crippen LogP contribution in [0.15, 0.2) is 40.9 Å². The molecule has 0 saturated heterocycles. The first-order chi connectivity index (χ1) is 10.2. The molecule has 3 rings (SSSR count). The molecule has 2 aromatic carbocycles. The molecule has 6 heteroatoms. The molecule has 0 amide bonds. The molecule has 0 aliphatic rings. The van der Waals surface area contributed by atoms with E-state index in [1.165, 1.54) is 0 Å². The molecule has 0 aliphatic carbocycles. The summed E-state index contributed by atoms with van der Waals surface area (Å²) in [7, 11) is 1.60. The van der Waals surface area contributed by atoms with Crippen LogP contribution in [0.5, 0.6) is 5.75 Å². The van der Waals surface area contributed by atoms with E-state index in [1.54, 1.807) is 17.7 Å². The van der Waals surface area contributed by atoms with Gasteiger partial charge in [-0.05, 0) is 40.2 Å². The number of nitrogens with zero attached hydrogens (tertiary/aromatic N) is 3. The number of aromatic nitrogens is 2. The highest BCUT2D eigenvalue weighted by Gasteiger charge is 2.14. The molecule has 0 atom stereocenters. The first-order valence-corrected chi connectivity index (χ1v) is 6.96. The molecule has 3 aromatic rings. The maximum absolute atomic E-state index is 9.16. The van der Waals surface area contributed by atoms with E-state index in [2.05, 4.69) is 27.0 Å². The Morgan fingerprint density at radius 3 is 2.86 bits per heavy atom. The Hall–Kier alpha value is -2.52. The molecule has 21 heavy (non-hydrogen) atoms. The van der Waals surface area contributed by atoms with Crippen molar-refractivity contribution in [2.45, 2.75) is 0 Å². The second-order valence-corrected chi connectivity index (χ2v) is 5.26. The molecule has 0 bridgehead atoms. The minimum Gasteiger partial charge on any atom is -0.495 e. The zero-order chi connectivity index (χ0) is 15.0. The molecule has 0 fully saturated rings. The van der Waals surface area contributed by atoms with Gasteiger partial charge >= 0.3 is 0 Å². The van der Waals surface area contributed by atoms with Gasteiger partial charge in [-0.2, -0.15) is 5.26 Å². The van der Waals surface area contributed by atoms with Crippen LogP contribution in [0, 0.1) is 11.3 Å². The van der Waals surface area contributed by atoms with E-state index >= 15 is 0 Å². The van der Waals surface area contributed by atoms with Gasteiger partial charge in [0, 0.05) is 6.07 Å². The van der Waals surface area contributed by atoms with Crippen molar-refractivity contribution in [3.8, 4) is 17.5 Å². The lowest BCUT2D eigenvalue weighted by Crippen LogP contribution is -2.01. The molecule has 0 saturated carbocycles. The van der Waals surface area contributed by atoms with Crippen molar-refractivity contribution in [3.05, 3.63) is 46.4 Å². The second-order valence-electron chi connectivity index (χ2n) is 4.41. The highest BCUT2D eigenvalue weighted by Crippen LogP contribution is 2.31. The third kappa shape index (κ3) is 2.12. The van der Waals surface area contributed by atoms with Crippen LogP contribution in [0.2, 0.25) is 0 Å². The molecule has 5 nitrogen and oxygen atoms in total. The molecule has 0 aliphatic heterocycles. The van der Waals surface area contributed by atoms with Crippen LogP contribution in [-0.4, -0.2) is 16.7 Å². The number of nitrogens with two attached hydrogens (primary N) is 1. The van der Waals surface area contributed by atoms with E-state index in [4.69, 9.17) is 15.7 Å². The number of nitriles is 1. The van der Waals surface area contributed by atoms with Crippen molar-refractivity contribution < 1.29 is 4.74 Å². The number of ether oxygens (including phenoxy) is 1. The van der Waals surface area contributed by atoms with E-state index in [1.807, 2.05) is 30.3 Å². The molecule has 0 radical (unpaired) electrons. The lowest BCUT2D eigenvalue weighted by atomic mass is 10.2. The average molecular weight is 343 g/mol. The summed E-state index contributed by atoms with van der Waals surface area (Å²) in [4.78, 5) is 4.30. The third-order valence-corrected chi connectivity index (χ3v) is 3.88. The number of rotatable bonds is 2. The quantitative estimate of drug-likeness (QED) is 0.775. The van der Waals surface area contributed by atoms with Crippen molar-refractivity contribution >= 4 is 32.9 Å². The molecule has 0 spiro atoms. The maximum Gasteiger partial charge on any atom is 0.205 e. The van der Waals surface area contributed by atoms with Gasteiger partial charge in [-0.3, -0.25) is 4.57 Å². The molecule has 104 valence electrons. The normalized spacial score (nSPS) is 10.5. The van der Waals surface area contributed by atoms with Gasteiger partial charge in [-0.25, -0.2) is 4.98 Å². The van der Waals surface area contributed by atoms with Crippen LogP contribution in [0.1, 0.15) is 5.56 Å². The molecule has 0 unspecified atom stereocenters. The lowest BCUT2D eigenvalue weighted by molar-refractivity contribution is 0.412. The molecule has 2 N–H and O–H groups in total. The van der Waals surface area contributed by atoms with Gasteiger partial charge in [-0.1, -0.05) is 6.07 Å². The van der Waals surface area contributed by atoms with Gasteiger partial charge in [0.25, 0.3) is 0 Å². The Kier molecular flexibility index (Phi) is 3.28. The smallest absolute Gasteiger partial charge is 0.205 e. The van der Waals surface area contributed by atoms with Gasteiger partial charge in [0.15, 0.2) is 0 Å². The van der Waals surface area contributed by atoms with E-state index in [0.29, 0.717) is 22.8 Å². The zero-order valence-corrected chi connectivity index (χ0v) is 12.8. The van der Waals surface area contributed by atoms with Crippen LogP contribution in [0.4, 0.5) is 5.95 Å². The largest absolute Gasteiger partial charge is 0.495 e. The standard InChI is InChI=1S/C15H11BrN4O/c1-21-13-7-10(5-6-11(13)16)20-12-4-2-3-9(8-17)14(12)19-15(20)18/h2-7H,1H3,(H2,18,19). The zero-order valence-electron chi connectivity index (χ0n) is 11.2. The summed E-state index contributed by atoms with van der Waals surface area (Å²) in [5, 5.41) is 9.16. The minimum absolute atomic E-state index is 0.331. The first kappa shape index (κ1) is 13.5. The highest BCUT2D eigenvalue weighted by atomic mass is 79.9. The maximum atomic E-state index is 9.16. The van der Waals surface area contributed by atoms with Crippen molar-refractivity contribution in [3.63, 3.8) is 0 Å². The predicted octanol–water partition coefficient (Wildman–Crippen LogP) is 3.25. The number of methoxy groups -OCH3 is 1. The molecule has 1 heterocycles. The number of hydrogen-bond donors (Lipinski definition) is 1. The van der Waals surface area contributed by atoms with Crippen molar-refractivity contribution in [1.29, 1.82) is 5.26 Å². The number of imidazole rings is 1. The predicted molar refractivity (Wildman–Crippen MR) is 84.4 cm³/mol. The van der Waals surface area contributed by atoms with E-state index < -0.39 is 0 Å². The third-order valence-electron chi connectivity index (χ3n) is 3.22. The molecular formula is C15H11BrN4O. The summed E-state index contributed by atoms with van der Waals surface area (Å²) >= 11 is 3.42. The Morgan fingerprint density at radius 2 is 2.14 bits per heavy atom. The Bertz CT molecular complexity index is 879. The number of para-hydroxylation sites is 1. The summed E-state index contributed by atoms with van der Waals surface area (Å²) in [6, 6.07) is 13.2. The summed E-state index contributed by atoms with van der Waals surface area (Å²) < 4.78 is 7.96. The van der Waals surface area contributed by atoms with Gasteiger partial charge in [-0.15, -0.1) is 0 Å². The van der Waals surface area contributed by atoms with Crippen LogP contribution < -0.4 is 10.5 Å². The lowest BCUT2D eigenvalue weighted by Gasteiger charge is -2.10. The summed E-state index contributed by atoms with van der Waals surface area (Å²) in [5.74, 6) is 1.03. The van der Waals surface area contributed by atoms with Gasteiger partial charge in [0.2, 0.25) is 5.95 Å². The summed E-state index contributed by atoms with van der Waals surface area (Å²) in [5.41, 5.74) is 8.74. The minimum atomic E-state index is 0.331. The fraction of sp³-hybridized carbons (Fsp3) is 0.0667. The number of nitrogen functional groups attached to an aromatic ring is 1. The number of halogens is 1. The average Bonchev–Trinajstić information content (AvgIpc) is 2.83. The fourth-order valence-electron chi connectivity index (χ4n) is 2.27. The SMILES string of the molecule is COc1cc(-n2c(N)nc3c(C#N)cccc32)ccc1Br. The van der Waals surface area contributed by atoms with Crippen LogP contribution in [0.3, 0.4) is 0 Å².